The first-order valence-corrected chi connectivity index (χ1v) is 10.0. The number of nitrogens with one attached hydrogen (secondary N) is 1. The maximum Gasteiger partial charge on any atom is 0.245 e. The van der Waals surface area contributed by atoms with Crippen LogP contribution < -0.4 is 15.0 Å². The molecule has 0 unspecified atom stereocenters. The Bertz CT molecular complexity index is 1160. The summed E-state index contributed by atoms with van der Waals surface area (Å²) in [6, 6.07) is 6.64. The minimum absolute atomic E-state index is 0. The number of ether oxygens (including phenoxy) is 1. The number of piperazine rings is 1. The summed E-state index contributed by atoms with van der Waals surface area (Å²) in [5, 5.41) is 22.8. The Balaban J connectivity index is 0.00000228. The fourth-order valence-electron chi connectivity index (χ4n) is 3.51. The lowest BCUT2D eigenvalue weighted by Gasteiger charge is -2.40. The number of benzene rings is 1. The van der Waals surface area contributed by atoms with Crippen LogP contribution in [-0.4, -0.2) is 63.0 Å². The average Bonchev–Trinajstić information content (AvgIpc) is 2.78. The van der Waals surface area contributed by atoms with E-state index >= 15 is 0 Å². The third-order valence-corrected chi connectivity index (χ3v) is 5.37. The molecule has 11 heteroatoms. The van der Waals surface area contributed by atoms with Crippen molar-refractivity contribution in [3.8, 4) is 34.1 Å². The van der Waals surface area contributed by atoms with Crippen molar-refractivity contribution in [2.24, 2.45) is 5.41 Å². The van der Waals surface area contributed by atoms with Gasteiger partial charge in [0.25, 0.3) is 0 Å². The fourth-order valence-corrected chi connectivity index (χ4v) is 3.51. The molecule has 3 aromatic rings. The Morgan fingerprint density at radius 3 is 2.61 bits per heavy atom. The molecule has 0 saturated carbocycles. The second-order valence-corrected chi connectivity index (χ2v) is 8.54. The van der Waals surface area contributed by atoms with Crippen molar-refractivity contribution in [1.82, 2.24) is 30.5 Å². The van der Waals surface area contributed by atoms with Crippen LogP contribution in [0.2, 0.25) is 0 Å². The van der Waals surface area contributed by atoms with Crippen molar-refractivity contribution in [2.75, 3.05) is 31.6 Å². The molecule has 178 valence electrons. The van der Waals surface area contributed by atoms with Crippen molar-refractivity contribution in [3.63, 3.8) is 0 Å². The summed E-state index contributed by atoms with van der Waals surface area (Å²) in [6.45, 7) is 9.02. The van der Waals surface area contributed by atoms with Crippen LogP contribution in [0.5, 0.6) is 11.6 Å². The Labute approximate surface area is 210 Å². The second-order valence-electron chi connectivity index (χ2n) is 8.54. The molecule has 1 aliphatic rings. The van der Waals surface area contributed by atoms with Crippen LogP contribution in [0.25, 0.3) is 22.5 Å². The number of methoxy groups -OCH3 is 1. The van der Waals surface area contributed by atoms with E-state index in [4.69, 9.17) is 8.85 Å². The van der Waals surface area contributed by atoms with Crippen molar-refractivity contribution in [3.05, 3.63) is 36.8 Å². The molecule has 33 heavy (non-hydrogen) atoms. The van der Waals surface area contributed by atoms with Crippen LogP contribution in [-0.2, 0) is 0 Å². The monoisotopic (exact) mass is 496 g/mol. The zero-order chi connectivity index (χ0) is 24.5. The Morgan fingerprint density at radius 1 is 1.12 bits per heavy atom. The fraction of sp³-hybridized carbons (Fsp3) is 0.409. The number of halogens is 2. The first-order valence-electron chi connectivity index (χ1n) is 11.5. The van der Waals surface area contributed by atoms with Crippen LogP contribution >= 0.6 is 24.8 Å². The smallest absolute Gasteiger partial charge is 0.245 e. The van der Waals surface area contributed by atoms with Crippen LogP contribution in [0.4, 0.5) is 5.95 Å². The highest BCUT2D eigenvalue weighted by atomic mass is 35.5. The summed E-state index contributed by atoms with van der Waals surface area (Å²) in [4.78, 5) is 14.5. The van der Waals surface area contributed by atoms with Gasteiger partial charge >= 0.3 is 0 Å². The summed E-state index contributed by atoms with van der Waals surface area (Å²) in [6.07, 6.45) is 2.80. The van der Waals surface area contributed by atoms with Gasteiger partial charge in [-0.15, -0.1) is 35.0 Å². The van der Waals surface area contributed by atoms with Gasteiger partial charge in [-0.05, 0) is 17.5 Å². The molecular weight excluding hydrogens is 465 g/mol. The van der Waals surface area contributed by atoms with Crippen molar-refractivity contribution >= 4 is 30.8 Å². The zero-order valence-electron chi connectivity index (χ0n) is 21.5. The van der Waals surface area contributed by atoms with Gasteiger partial charge in [0.1, 0.15) is 17.8 Å². The van der Waals surface area contributed by atoms with Gasteiger partial charge in [-0.2, -0.15) is 0 Å². The number of aromatic nitrogens is 5. The van der Waals surface area contributed by atoms with Crippen LogP contribution in [0.3, 0.4) is 0 Å². The summed E-state index contributed by atoms with van der Waals surface area (Å²) in [7, 11) is -2.62. The highest BCUT2D eigenvalue weighted by molar-refractivity contribution is 5.85. The van der Waals surface area contributed by atoms with E-state index in [1.165, 1.54) is 18.5 Å². The summed E-state index contributed by atoms with van der Waals surface area (Å²) >= 11 is 0. The lowest BCUT2D eigenvalue weighted by molar-refractivity contribution is 0.252. The Morgan fingerprint density at radius 2 is 1.94 bits per heavy atom. The molecule has 4 rings (SSSR count). The number of anilines is 1. The lowest BCUT2D eigenvalue weighted by atomic mass is 9.85. The third-order valence-electron chi connectivity index (χ3n) is 5.37. The summed E-state index contributed by atoms with van der Waals surface area (Å²) < 4.78 is 26.4. The minimum Gasteiger partial charge on any atom is -0.507 e. The van der Waals surface area contributed by atoms with Gasteiger partial charge in [-0.1, -0.05) is 26.8 Å². The first-order chi connectivity index (χ1) is 16.0. The van der Waals surface area contributed by atoms with E-state index in [0.717, 1.165) is 19.6 Å². The van der Waals surface area contributed by atoms with E-state index in [-0.39, 0.29) is 41.9 Å². The number of phenolic OH excluding ortho intramolecular Hbond substituents is 1. The lowest BCUT2D eigenvalue weighted by Crippen LogP contribution is -2.56. The Hall–Kier alpha value is -2.75. The van der Waals surface area contributed by atoms with Gasteiger partial charge < -0.3 is 20.1 Å². The predicted octanol–water partition coefficient (Wildman–Crippen LogP) is 3.38. The first kappa shape index (κ1) is 22.1. The topological polar surface area (TPSA) is 109 Å². The molecule has 2 N–H and O–H groups in total. The molecule has 3 heterocycles. The predicted molar refractivity (Wildman–Crippen MR) is 132 cm³/mol. The summed E-state index contributed by atoms with van der Waals surface area (Å²) in [5.74, 6) is 0.437. The van der Waals surface area contributed by atoms with E-state index in [9.17, 15) is 5.11 Å². The van der Waals surface area contributed by atoms with Gasteiger partial charge in [0.15, 0.2) is 0 Å². The quantitative estimate of drug-likeness (QED) is 0.561. The van der Waals surface area contributed by atoms with Crippen molar-refractivity contribution < 1.29 is 14.0 Å². The van der Waals surface area contributed by atoms with Crippen molar-refractivity contribution in [1.29, 1.82) is 0 Å². The van der Waals surface area contributed by atoms with E-state index in [2.05, 4.69) is 56.1 Å². The molecule has 1 fully saturated rings. The third kappa shape index (κ3) is 5.98. The Kier molecular flexibility index (Phi) is 7.30. The molecule has 1 aromatic carbocycles. The number of aromatic hydroxyl groups is 1. The molecule has 0 amide bonds. The molecule has 1 atom stereocenters. The number of rotatable bonds is 4. The molecule has 0 spiro atoms. The normalized spacial score (nSPS) is 17.6. The highest BCUT2D eigenvalue weighted by Crippen LogP contribution is 2.32. The molecule has 0 radical (unpaired) electrons. The number of phenols is 1. The van der Waals surface area contributed by atoms with Gasteiger partial charge in [0.05, 0.1) is 23.0 Å². The average molecular weight is 497 g/mol. The van der Waals surface area contributed by atoms with E-state index in [1.54, 1.807) is 18.3 Å². The van der Waals surface area contributed by atoms with Crippen LogP contribution in [0.15, 0.2) is 36.8 Å². The largest absolute Gasteiger partial charge is 0.507 e. The number of nitrogens with zero attached hydrogens (tertiary/aromatic N) is 6. The number of hydrogen-bond acceptors (Lipinski definition) is 9. The van der Waals surface area contributed by atoms with Gasteiger partial charge in [0.2, 0.25) is 11.8 Å². The van der Waals surface area contributed by atoms with Crippen LogP contribution in [0, 0.1) is 5.41 Å². The maximum absolute atomic E-state index is 10.6. The van der Waals surface area contributed by atoms with E-state index < -0.39 is 7.04 Å². The zero-order valence-corrected chi connectivity index (χ0v) is 20.2. The summed E-state index contributed by atoms with van der Waals surface area (Å²) in [5.41, 5.74) is 1.98. The molecule has 1 saturated heterocycles. The molecule has 9 nitrogen and oxygen atoms in total. The molecule has 2 aromatic heterocycles. The standard InChI is InChI=1S/C22H27N7O2.2ClH/c1-22(2,3)19-12-29(8-7-23-19)21-24-11-17(27-28-21)15-6-5-14(9-18(15)30)16-10-20(31-4)26-13-25-16;;/h5-6,9-11,13,19,23,30H,7-8,12H2,1-4H3;2*1H/t19-;;/m1../s1/i4D3;;. The molecular formula is C22H29Cl2N7O2. The van der Waals surface area contributed by atoms with Gasteiger partial charge in [-0.25, -0.2) is 15.0 Å². The molecule has 0 aliphatic carbocycles. The molecule has 1 aliphatic heterocycles. The van der Waals surface area contributed by atoms with Gasteiger partial charge in [0, 0.05) is 42.9 Å². The minimum atomic E-state index is -2.62. The maximum atomic E-state index is 10.6. The van der Waals surface area contributed by atoms with Crippen LogP contribution in [0.1, 0.15) is 24.9 Å². The SMILES string of the molecule is Cl.Cl.[2H]C([2H])([2H])Oc1cc(-c2ccc(-c3cnc(N4CCN[C@@H](C(C)(C)C)C4)nn3)c(O)c2)ncn1. The van der Waals surface area contributed by atoms with E-state index in [1.807, 2.05) is 0 Å². The van der Waals surface area contributed by atoms with Gasteiger partial charge in [-0.3, -0.25) is 0 Å². The van der Waals surface area contributed by atoms with E-state index in [0.29, 0.717) is 34.5 Å². The van der Waals surface area contributed by atoms with Crippen molar-refractivity contribution in [2.45, 2.75) is 26.8 Å². The number of hydrogen-bond donors (Lipinski definition) is 2. The molecule has 0 bridgehead atoms. The second kappa shape index (κ2) is 10.9. The highest BCUT2D eigenvalue weighted by Gasteiger charge is 2.30.